The van der Waals surface area contributed by atoms with Crippen molar-refractivity contribution < 1.29 is 13.2 Å². The van der Waals surface area contributed by atoms with E-state index in [0.29, 0.717) is 30.1 Å². The predicted molar refractivity (Wildman–Crippen MR) is 121 cm³/mol. The fourth-order valence-corrected chi connectivity index (χ4v) is 6.13. The van der Waals surface area contributed by atoms with Crippen molar-refractivity contribution in [2.75, 3.05) is 26.2 Å². The van der Waals surface area contributed by atoms with Crippen LogP contribution in [-0.2, 0) is 16.6 Å². The van der Waals surface area contributed by atoms with Crippen LogP contribution < -0.4 is 10.6 Å². The maximum Gasteiger partial charge on any atom is 0.253 e. The summed E-state index contributed by atoms with van der Waals surface area (Å²) >= 11 is 0. The minimum Gasteiger partial charge on any atom is -0.348 e. The normalized spacial score (nSPS) is 18.9. The van der Waals surface area contributed by atoms with Crippen molar-refractivity contribution in [1.29, 1.82) is 0 Å². The first kappa shape index (κ1) is 21.1. The first-order chi connectivity index (χ1) is 15.5. The Bertz CT molecular complexity index is 1220. The molecule has 5 rings (SSSR count). The fraction of sp³-hybridized carbons (Fsp3) is 0.391. The molecule has 2 fully saturated rings. The molecule has 0 saturated carbocycles. The molecule has 9 heteroatoms. The summed E-state index contributed by atoms with van der Waals surface area (Å²) in [6.07, 6.45) is 8.16. The Morgan fingerprint density at radius 1 is 1.09 bits per heavy atom. The lowest BCUT2D eigenvalue weighted by Gasteiger charge is -2.38. The number of hydrogen-bond donors (Lipinski definition) is 2. The first-order valence-electron chi connectivity index (χ1n) is 11.0. The van der Waals surface area contributed by atoms with E-state index in [1.807, 2.05) is 0 Å². The van der Waals surface area contributed by atoms with Gasteiger partial charge in [-0.3, -0.25) is 4.79 Å². The molecule has 2 saturated heterocycles. The number of nitrogens with one attached hydrogen (secondary N) is 2. The average molecular weight is 454 g/mol. The van der Waals surface area contributed by atoms with Crippen LogP contribution in [0.4, 0.5) is 0 Å². The Kier molecular flexibility index (Phi) is 5.48. The van der Waals surface area contributed by atoms with Gasteiger partial charge in [-0.15, -0.1) is 0 Å². The number of pyridine rings is 1. The molecule has 1 amide bonds. The zero-order valence-electron chi connectivity index (χ0n) is 17.8. The molecule has 1 aromatic carbocycles. The molecule has 0 aliphatic carbocycles. The van der Waals surface area contributed by atoms with Crippen LogP contribution in [0.25, 0.3) is 5.65 Å². The van der Waals surface area contributed by atoms with Gasteiger partial charge in [0.15, 0.2) is 0 Å². The van der Waals surface area contributed by atoms with Gasteiger partial charge < -0.3 is 15.0 Å². The van der Waals surface area contributed by atoms with E-state index < -0.39 is 10.0 Å². The van der Waals surface area contributed by atoms with Crippen molar-refractivity contribution in [3.8, 4) is 0 Å². The molecular formula is C23H27N5O3S. The highest BCUT2D eigenvalue weighted by molar-refractivity contribution is 7.89. The number of piperidine rings is 1. The van der Waals surface area contributed by atoms with Gasteiger partial charge in [0.05, 0.1) is 10.5 Å². The smallest absolute Gasteiger partial charge is 0.253 e. The van der Waals surface area contributed by atoms with Crippen LogP contribution >= 0.6 is 0 Å². The molecule has 4 heterocycles. The third kappa shape index (κ3) is 4.03. The lowest BCUT2D eigenvalue weighted by Crippen LogP contribution is -2.43. The number of aromatic nitrogens is 2. The first-order valence-corrected chi connectivity index (χ1v) is 12.4. The molecule has 0 radical (unpaired) electrons. The second-order valence-electron chi connectivity index (χ2n) is 8.77. The van der Waals surface area contributed by atoms with Gasteiger partial charge in [-0.25, -0.2) is 13.4 Å². The van der Waals surface area contributed by atoms with E-state index in [1.54, 1.807) is 63.7 Å². The Morgan fingerprint density at radius 3 is 2.59 bits per heavy atom. The molecule has 1 spiro atoms. The lowest BCUT2D eigenvalue weighted by molar-refractivity contribution is 0.0950. The summed E-state index contributed by atoms with van der Waals surface area (Å²) in [7, 11) is -3.50. The summed E-state index contributed by atoms with van der Waals surface area (Å²) in [5, 5.41) is 6.29. The summed E-state index contributed by atoms with van der Waals surface area (Å²) in [6, 6.07) is 10.3. The molecule has 0 atom stereocenters. The van der Waals surface area contributed by atoms with Crippen molar-refractivity contribution in [2.45, 2.75) is 30.7 Å². The molecular weight excluding hydrogens is 426 g/mol. The van der Waals surface area contributed by atoms with Gasteiger partial charge in [0, 0.05) is 44.8 Å². The van der Waals surface area contributed by atoms with Crippen molar-refractivity contribution in [1.82, 2.24) is 24.3 Å². The summed E-state index contributed by atoms with van der Waals surface area (Å²) in [5.74, 6) is -0.194. The fourth-order valence-electron chi connectivity index (χ4n) is 4.69. The predicted octanol–water partition coefficient (Wildman–Crippen LogP) is 2.03. The summed E-state index contributed by atoms with van der Waals surface area (Å²) < 4.78 is 29.5. The quantitative estimate of drug-likeness (QED) is 0.616. The van der Waals surface area contributed by atoms with Crippen LogP contribution in [0.1, 0.15) is 35.2 Å². The van der Waals surface area contributed by atoms with E-state index in [9.17, 15) is 13.2 Å². The lowest BCUT2D eigenvalue weighted by atomic mass is 9.78. The van der Waals surface area contributed by atoms with E-state index in [4.69, 9.17) is 0 Å². The molecule has 2 N–H and O–H groups in total. The number of benzene rings is 1. The number of fused-ring (bicyclic) bond motifs is 1. The van der Waals surface area contributed by atoms with Gasteiger partial charge >= 0.3 is 0 Å². The topological polar surface area (TPSA) is 95.8 Å². The zero-order valence-corrected chi connectivity index (χ0v) is 18.6. The molecule has 0 bridgehead atoms. The standard InChI is InChI=1S/C23H27N5O3S/c29-22(19-3-6-21-25-11-14-27(21)16-19)26-15-18-1-4-20(5-2-18)32(30,31)28-12-8-23(9-13-28)7-10-24-17-23/h1-6,11,14,16,24H,7-10,12-13,15,17H2,(H,26,29). The minimum atomic E-state index is -3.50. The van der Waals surface area contributed by atoms with Gasteiger partial charge in [0.2, 0.25) is 10.0 Å². The number of sulfonamides is 1. The Balaban J connectivity index is 1.20. The van der Waals surface area contributed by atoms with E-state index in [-0.39, 0.29) is 11.3 Å². The summed E-state index contributed by atoms with van der Waals surface area (Å²) in [6.45, 7) is 3.49. The molecule has 2 aliphatic heterocycles. The molecule has 2 aliphatic rings. The molecule has 0 unspecified atom stereocenters. The Labute approximate surface area is 187 Å². The van der Waals surface area contributed by atoms with Gasteiger partial charge in [-0.05, 0) is 61.1 Å². The number of hydrogen-bond acceptors (Lipinski definition) is 5. The number of imidazole rings is 1. The molecule has 2 aromatic heterocycles. The van der Waals surface area contributed by atoms with Crippen LogP contribution in [0.3, 0.4) is 0 Å². The molecule has 8 nitrogen and oxygen atoms in total. The number of carbonyl (C=O) groups excluding carboxylic acids is 1. The largest absolute Gasteiger partial charge is 0.348 e. The number of nitrogens with zero attached hydrogens (tertiary/aromatic N) is 3. The van der Waals surface area contributed by atoms with Crippen molar-refractivity contribution in [3.05, 3.63) is 66.1 Å². The third-order valence-electron chi connectivity index (χ3n) is 6.78. The van der Waals surface area contributed by atoms with Gasteiger partial charge in [-0.1, -0.05) is 12.1 Å². The van der Waals surface area contributed by atoms with Crippen LogP contribution in [0.5, 0.6) is 0 Å². The number of carbonyl (C=O) groups is 1. The van der Waals surface area contributed by atoms with Crippen LogP contribution in [-0.4, -0.2) is 54.2 Å². The van der Waals surface area contributed by atoms with Crippen LogP contribution in [0.15, 0.2) is 59.9 Å². The van der Waals surface area contributed by atoms with E-state index >= 15 is 0 Å². The highest BCUT2D eigenvalue weighted by Crippen LogP contribution is 2.38. The van der Waals surface area contributed by atoms with Crippen LogP contribution in [0, 0.1) is 5.41 Å². The van der Waals surface area contributed by atoms with Crippen molar-refractivity contribution in [3.63, 3.8) is 0 Å². The Morgan fingerprint density at radius 2 is 1.88 bits per heavy atom. The van der Waals surface area contributed by atoms with E-state index in [1.165, 1.54) is 0 Å². The third-order valence-corrected chi connectivity index (χ3v) is 8.69. The maximum absolute atomic E-state index is 13.1. The summed E-state index contributed by atoms with van der Waals surface area (Å²) in [5.41, 5.74) is 2.43. The van der Waals surface area contributed by atoms with Crippen molar-refractivity contribution in [2.24, 2.45) is 5.41 Å². The molecule has 32 heavy (non-hydrogen) atoms. The zero-order chi connectivity index (χ0) is 22.2. The monoisotopic (exact) mass is 453 g/mol. The van der Waals surface area contributed by atoms with Crippen LogP contribution in [0.2, 0.25) is 0 Å². The van der Waals surface area contributed by atoms with Gasteiger partial charge in [0.1, 0.15) is 5.65 Å². The minimum absolute atomic E-state index is 0.194. The second kappa shape index (κ2) is 8.31. The van der Waals surface area contributed by atoms with E-state index in [0.717, 1.165) is 43.6 Å². The second-order valence-corrected chi connectivity index (χ2v) is 10.7. The Hall–Kier alpha value is -2.75. The molecule has 168 valence electrons. The number of rotatable bonds is 5. The number of amides is 1. The van der Waals surface area contributed by atoms with Crippen molar-refractivity contribution >= 4 is 21.6 Å². The summed E-state index contributed by atoms with van der Waals surface area (Å²) in [4.78, 5) is 16.9. The highest BCUT2D eigenvalue weighted by atomic mass is 32.2. The average Bonchev–Trinajstić information content (AvgIpc) is 3.47. The maximum atomic E-state index is 13.1. The molecule has 3 aromatic rings. The van der Waals surface area contributed by atoms with Gasteiger partial charge in [-0.2, -0.15) is 4.31 Å². The van der Waals surface area contributed by atoms with Gasteiger partial charge in [0.25, 0.3) is 5.91 Å². The SMILES string of the molecule is O=C(NCc1ccc(S(=O)(=O)N2CCC3(CCNC3)CC2)cc1)c1ccc2nccn2c1. The van der Waals surface area contributed by atoms with E-state index in [2.05, 4.69) is 15.6 Å². The highest BCUT2D eigenvalue weighted by Gasteiger charge is 2.40.